The molecule has 0 bridgehead atoms. The molecule has 0 fully saturated rings. The maximum absolute atomic E-state index is 12.9. The van der Waals surface area contributed by atoms with Crippen LogP contribution in [0, 0.1) is 5.92 Å². The van der Waals surface area contributed by atoms with Crippen LogP contribution in [-0.4, -0.2) is 80.2 Å². The lowest BCUT2D eigenvalue weighted by atomic mass is 10.0. The highest BCUT2D eigenvalue weighted by atomic mass is 16.4. The number of aromatic hydroxyl groups is 1. The second-order valence-corrected chi connectivity index (χ2v) is 8.36. The van der Waals surface area contributed by atoms with Gasteiger partial charge in [-0.3, -0.25) is 24.0 Å². The third-order valence-corrected chi connectivity index (χ3v) is 4.98. The smallest absolute Gasteiger partial charge is 0.326 e. The zero-order chi connectivity index (χ0) is 27.6. The Kier molecular flexibility index (Phi) is 11.3. The highest BCUT2D eigenvalue weighted by Gasteiger charge is 2.32. The van der Waals surface area contributed by atoms with E-state index >= 15 is 0 Å². The van der Waals surface area contributed by atoms with Crippen molar-refractivity contribution in [3.8, 4) is 5.75 Å². The quantitative estimate of drug-likeness (QED) is 0.142. The summed E-state index contributed by atoms with van der Waals surface area (Å²) in [5.41, 5.74) is 5.93. The van der Waals surface area contributed by atoms with Gasteiger partial charge in [-0.1, -0.05) is 26.0 Å². The summed E-state index contributed by atoms with van der Waals surface area (Å²) >= 11 is 0. The summed E-state index contributed by atoms with van der Waals surface area (Å²) in [6, 6.07) is -0.394. The lowest BCUT2D eigenvalue weighted by molar-refractivity contribution is -0.144. The van der Waals surface area contributed by atoms with E-state index < -0.39 is 78.6 Å². The molecule has 36 heavy (non-hydrogen) atoms. The highest BCUT2D eigenvalue weighted by molar-refractivity contribution is 5.96. The number of carboxylic acid groups (broad SMARTS) is 3. The number of benzene rings is 1. The maximum Gasteiger partial charge on any atom is 0.326 e. The van der Waals surface area contributed by atoms with Crippen molar-refractivity contribution in [3.63, 3.8) is 0 Å². The summed E-state index contributed by atoms with van der Waals surface area (Å²) in [6.07, 6.45) is -1.85. The molecule has 4 unspecified atom stereocenters. The molecule has 0 aliphatic rings. The molecule has 14 heteroatoms. The first-order valence-electron chi connectivity index (χ1n) is 10.8. The molecule has 0 aliphatic heterocycles. The zero-order valence-corrected chi connectivity index (χ0v) is 19.6. The maximum atomic E-state index is 12.9. The molecular formula is C22H30N4O10. The molecule has 4 atom stereocenters. The average Bonchev–Trinajstić information content (AvgIpc) is 2.76. The Morgan fingerprint density at radius 3 is 1.75 bits per heavy atom. The van der Waals surface area contributed by atoms with Crippen molar-refractivity contribution in [2.45, 2.75) is 57.3 Å². The van der Waals surface area contributed by atoms with E-state index in [0.29, 0.717) is 5.56 Å². The van der Waals surface area contributed by atoms with Gasteiger partial charge in [0, 0.05) is 6.42 Å². The van der Waals surface area contributed by atoms with E-state index in [1.54, 1.807) is 13.8 Å². The number of aliphatic carboxylic acids is 3. The third-order valence-electron chi connectivity index (χ3n) is 4.98. The van der Waals surface area contributed by atoms with Crippen molar-refractivity contribution in [3.05, 3.63) is 29.8 Å². The van der Waals surface area contributed by atoms with Crippen LogP contribution in [0.3, 0.4) is 0 Å². The van der Waals surface area contributed by atoms with E-state index in [-0.39, 0.29) is 12.2 Å². The Hall–Kier alpha value is -4.20. The molecule has 0 aliphatic carbocycles. The Morgan fingerprint density at radius 1 is 0.778 bits per heavy atom. The number of phenolic OH excluding ortho intramolecular Hbond substituents is 1. The standard InChI is InChI=1S/C22H30N4O10/c1-10(2)18(22(35)36)26-21(34)14(7-11-3-5-12(27)6-4-11)25-20(33)15(9-17(30)31)24-19(32)13(23)8-16(28)29/h3-6,10,13-15,18,27H,7-9,23H2,1-2H3,(H,24,32)(H,25,33)(H,26,34)(H,28,29)(H,30,31)(H,35,36). The Labute approximate surface area is 205 Å². The first kappa shape index (κ1) is 29.8. The van der Waals surface area contributed by atoms with Crippen LogP contribution in [0.5, 0.6) is 5.75 Å². The number of phenols is 1. The average molecular weight is 511 g/mol. The Bertz CT molecular complexity index is 980. The fourth-order valence-corrected chi connectivity index (χ4v) is 3.06. The lowest BCUT2D eigenvalue weighted by Gasteiger charge is -2.25. The summed E-state index contributed by atoms with van der Waals surface area (Å²) in [4.78, 5) is 71.5. The normalized spacial score (nSPS) is 14.1. The van der Waals surface area contributed by atoms with E-state index in [9.17, 15) is 39.0 Å². The van der Waals surface area contributed by atoms with Gasteiger partial charge >= 0.3 is 17.9 Å². The van der Waals surface area contributed by atoms with Crippen LogP contribution in [-0.2, 0) is 35.2 Å². The molecule has 1 aromatic rings. The number of carbonyl (C=O) groups is 6. The van der Waals surface area contributed by atoms with Gasteiger partial charge in [-0.15, -0.1) is 0 Å². The summed E-state index contributed by atoms with van der Waals surface area (Å²) in [5.74, 6) is -7.82. The first-order chi connectivity index (χ1) is 16.7. The molecule has 0 heterocycles. The van der Waals surface area contributed by atoms with Crippen molar-refractivity contribution in [1.82, 2.24) is 16.0 Å². The third kappa shape index (κ3) is 9.97. The van der Waals surface area contributed by atoms with Gasteiger partial charge in [-0.05, 0) is 23.6 Å². The van der Waals surface area contributed by atoms with Gasteiger partial charge in [0.15, 0.2) is 0 Å². The fourth-order valence-electron chi connectivity index (χ4n) is 3.06. The van der Waals surface area contributed by atoms with Gasteiger partial charge < -0.3 is 42.1 Å². The molecule has 9 N–H and O–H groups in total. The van der Waals surface area contributed by atoms with Crippen LogP contribution >= 0.6 is 0 Å². The van der Waals surface area contributed by atoms with Crippen molar-refractivity contribution in [1.29, 1.82) is 0 Å². The van der Waals surface area contributed by atoms with E-state index in [0.717, 1.165) is 0 Å². The van der Waals surface area contributed by atoms with E-state index in [1.165, 1.54) is 24.3 Å². The highest BCUT2D eigenvalue weighted by Crippen LogP contribution is 2.12. The lowest BCUT2D eigenvalue weighted by Crippen LogP contribution is -2.58. The number of carboxylic acids is 3. The van der Waals surface area contributed by atoms with Crippen LogP contribution in [0.2, 0.25) is 0 Å². The molecule has 0 spiro atoms. The number of hydrogen-bond donors (Lipinski definition) is 8. The number of nitrogens with two attached hydrogens (primary N) is 1. The monoisotopic (exact) mass is 510 g/mol. The molecule has 198 valence electrons. The fraction of sp³-hybridized carbons (Fsp3) is 0.455. The molecule has 14 nitrogen and oxygen atoms in total. The minimum Gasteiger partial charge on any atom is -0.508 e. The number of hydrogen-bond acceptors (Lipinski definition) is 8. The van der Waals surface area contributed by atoms with Crippen LogP contribution < -0.4 is 21.7 Å². The summed E-state index contributed by atoms with van der Waals surface area (Å²) in [7, 11) is 0. The summed E-state index contributed by atoms with van der Waals surface area (Å²) in [6.45, 7) is 3.12. The van der Waals surface area contributed by atoms with Gasteiger partial charge in [0.1, 0.15) is 23.9 Å². The zero-order valence-electron chi connectivity index (χ0n) is 19.6. The summed E-state index contributed by atoms with van der Waals surface area (Å²) < 4.78 is 0. The minimum atomic E-state index is -1.72. The number of nitrogens with one attached hydrogen (secondary N) is 3. The number of rotatable bonds is 14. The van der Waals surface area contributed by atoms with Crippen LogP contribution in [0.4, 0.5) is 0 Å². The van der Waals surface area contributed by atoms with E-state index in [4.69, 9.17) is 15.9 Å². The molecule has 3 amide bonds. The van der Waals surface area contributed by atoms with Gasteiger partial charge in [-0.25, -0.2) is 4.79 Å². The number of carbonyl (C=O) groups excluding carboxylic acids is 3. The molecule has 0 saturated heterocycles. The second-order valence-electron chi connectivity index (χ2n) is 8.36. The second kappa shape index (κ2) is 13.6. The molecule has 0 saturated carbocycles. The van der Waals surface area contributed by atoms with Crippen LogP contribution in [0.15, 0.2) is 24.3 Å². The van der Waals surface area contributed by atoms with Gasteiger partial charge in [0.25, 0.3) is 0 Å². The molecule has 0 aromatic heterocycles. The largest absolute Gasteiger partial charge is 0.508 e. The predicted octanol–water partition coefficient (Wildman–Crippen LogP) is -1.59. The topological polar surface area (TPSA) is 245 Å². The van der Waals surface area contributed by atoms with Crippen LogP contribution in [0.1, 0.15) is 32.3 Å². The molecule has 0 radical (unpaired) electrons. The molecule has 1 rings (SSSR count). The van der Waals surface area contributed by atoms with Crippen molar-refractivity contribution in [2.75, 3.05) is 0 Å². The van der Waals surface area contributed by atoms with Gasteiger partial charge in [-0.2, -0.15) is 0 Å². The van der Waals surface area contributed by atoms with Crippen molar-refractivity contribution in [2.24, 2.45) is 11.7 Å². The Morgan fingerprint density at radius 2 is 1.28 bits per heavy atom. The molecule has 1 aromatic carbocycles. The van der Waals surface area contributed by atoms with Gasteiger partial charge in [0.05, 0.1) is 18.9 Å². The number of amides is 3. The van der Waals surface area contributed by atoms with Crippen molar-refractivity contribution < 1.29 is 49.2 Å². The van der Waals surface area contributed by atoms with E-state index in [2.05, 4.69) is 16.0 Å². The predicted molar refractivity (Wildman–Crippen MR) is 123 cm³/mol. The SMILES string of the molecule is CC(C)C(NC(=O)C(Cc1ccc(O)cc1)NC(=O)C(CC(=O)O)NC(=O)C(N)CC(=O)O)C(=O)O. The van der Waals surface area contributed by atoms with Crippen molar-refractivity contribution >= 4 is 35.6 Å². The van der Waals surface area contributed by atoms with Crippen LogP contribution in [0.25, 0.3) is 0 Å². The molecular weight excluding hydrogens is 480 g/mol. The summed E-state index contributed by atoms with van der Waals surface area (Å²) in [5, 5.41) is 43.5. The first-order valence-corrected chi connectivity index (χ1v) is 10.8. The van der Waals surface area contributed by atoms with Gasteiger partial charge in [0.2, 0.25) is 17.7 Å². The Balaban J connectivity index is 3.17. The van der Waals surface area contributed by atoms with E-state index in [1.807, 2.05) is 0 Å². The minimum absolute atomic E-state index is 0.0588.